The number of hydrogen-bond donors (Lipinski definition) is 0. The first kappa shape index (κ1) is 19.2. The van der Waals surface area contributed by atoms with Crippen molar-refractivity contribution in [3.05, 3.63) is 0 Å². The van der Waals surface area contributed by atoms with Crippen molar-refractivity contribution < 1.29 is 14.3 Å². The van der Waals surface area contributed by atoms with Crippen LogP contribution in [0.15, 0.2) is 0 Å². The van der Waals surface area contributed by atoms with E-state index in [4.69, 9.17) is 9.47 Å². The Morgan fingerprint density at radius 2 is 1.77 bits per heavy atom. The third-order valence-corrected chi connectivity index (χ3v) is 3.64. The number of rotatable bonds is 7. The van der Waals surface area contributed by atoms with Crippen molar-refractivity contribution >= 4 is 6.09 Å². The third-order valence-electron chi connectivity index (χ3n) is 3.64. The van der Waals surface area contributed by atoms with E-state index in [1.54, 1.807) is 11.9 Å². The van der Waals surface area contributed by atoms with Crippen molar-refractivity contribution in [2.75, 3.05) is 66.6 Å². The van der Waals surface area contributed by atoms with E-state index >= 15 is 0 Å². The fourth-order valence-electron chi connectivity index (χ4n) is 2.25. The van der Waals surface area contributed by atoms with E-state index in [0.717, 1.165) is 52.4 Å². The normalized spacial score (nSPS) is 16.8. The SMILES string of the molecule is CN(CCCN1CCOCC1)CCN(C)C(=O)OC(C)(C)C. The zero-order valence-corrected chi connectivity index (χ0v) is 14.9. The first-order chi connectivity index (χ1) is 10.3. The number of hydrogen-bond acceptors (Lipinski definition) is 5. The van der Waals surface area contributed by atoms with E-state index in [0.29, 0.717) is 6.54 Å². The Morgan fingerprint density at radius 3 is 2.36 bits per heavy atom. The van der Waals surface area contributed by atoms with Gasteiger partial charge in [0.15, 0.2) is 0 Å². The second-order valence-electron chi connectivity index (χ2n) is 7.01. The number of amides is 1. The van der Waals surface area contributed by atoms with Gasteiger partial charge in [-0.05, 0) is 47.3 Å². The summed E-state index contributed by atoms with van der Waals surface area (Å²) in [4.78, 5) is 18.2. The molecule has 1 aliphatic rings. The van der Waals surface area contributed by atoms with Crippen molar-refractivity contribution in [3.63, 3.8) is 0 Å². The molecule has 0 aromatic heterocycles. The minimum atomic E-state index is -0.435. The van der Waals surface area contributed by atoms with Gasteiger partial charge in [0.1, 0.15) is 5.60 Å². The second kappa shape index (κ2) is 9.33. The molecule has 0 aromatic rings. The Bertz CT molecular complexity index is 325. The highest BCUT2D eigenvalue weighted by Crippen LogP contribution is 2.09. The summed E-state index contributed by atoms with van der Waals surface area (Å²) < 4.78 is 10.7. The van der Waals surface area contributed by atoms with Crippen LogP contribution in [0.5, 0.6) is 0 Å². The van der Waals surface area contributed by atoms with Crippen molar-refractivity contribution in [2.45, 2.75) is 32.8 Å². The lowest BCUT2D eigenvalue weighted by atomic mass is 10.2. The van der Waals surface area contributed by atoms with Gasteiger partial charge in [-0.3, -0.25) is 4.90 Å². The summed E-state index contributed by atoms with van der Waals surface area (Å²) in [5.74, 6) is 0. The van der Waals surface area contributed by atoms with Gasteiger partial charge in [0.2, 0.25) is 0 Å². The molecule has 1 heterocycles. The van der Waals surface area contributed by atoms with Crippen molar-refractivity contribution in [3.8, 4) is 0 Å². The maximum Gasteiger partial charge on any atom is 0.410 e. The lowest BCUT2D eigenvalue weighted by molar-refractivity contribution is 0.0283. The van der Waals surface area contributed by atoms with E-state index in [2.05, 4.69) is 16.8 Å². The topological polar surface area (TPSA) is 45.2 Å². The van der Waals surface area contributed by atoms with Gasteiger partial charge in [0.25, 0.3) is 0 Å². The molecule has 1 amide bonds. The van der Waals surface area contributed by atoms with Crippen LogP contribution in [0.2, 0.25) is 0 Å². The number of morpholine rings is 1. The molecule has 0 radical (unpaired) electrons. The molecule has 0 spiro atoms. The van der Waals surface area contributed by atoms with Gasteiger partial charge in [0, 0.05) is 33.2 Å². The number of nitrogens with zero attached hydrogens (tertiary/aromatic N) is 3. The molecule has 0 aromatic carbocycles. The Labute approximate surface area is 135 Å². The van der Waals surface area contributed by atoms with Crippen LogP contribution in [0.4, 0.5) is 4.79 Å². The van der Waals surface area contributed by atoms with Crippen molar-refractivity contribution in [1.82, 2.24) is 14.7 Å². The number of likely N-dealkylation sites (N-methyl/N-ethyl adjacent to an activating group) is 2. The average molecular weight is 315 g/mol. The van der Waals surface area contributed by atoms with Gasteiger partial charge >= 0.3 is 6.09 Å². The van der Waals surface area contributed by atoms with E-state index < -0.39 is 5.60 Å². The molecule has 1 saturated heterocycles. The van der Waals surface area contributed by atoms with Gasteiger partial charge in [-0.2, -0.15) is 0 Å². The summed E-state index contributed by atoms with van der Waals surface area (Å²) >= 11 is 0. The standard InChI is InChI=1S/C16H33N3O3/c1-16(2,3)22-15(20)18(5)10-9-17(4)7-6-8-19-11-13-21-14-12-19/h6-14H2,1-5H3. The van der Waals surface area contributed by atoms with Crippen LogP contribution in [-0.2, 0) is 9.47 Å². The lowest BCUT2D eigenvalue weighted by Gasteiger charge is -2.28. The molecule has 0 aliphatic carbocycles. The molecule has 1 fully saturated rings. The molecular weight excluding hydrogens is 282 g/mol. The lowest BCUT2D eigenvalue weighted by Crippen LogP contribution is -2.40. The van der Waals surface area contributed by atoms with Crippen molar-refractivity contribution in [2.24, 2.45) is 0 Å². The zero-order chi connectivity index (χ0) is 16.6. The van der Waals surface area contributed by atoms with Crippen LogP contribution in [0.1, 0.15) is 27.2 Å². The smallest absolute Gasteiger partial charge is 0.410 e. The van der Waals surface area contributed by atoms with Gasteiger partial charge < -0.3 is 19.3 Å². The maximum absolute atomic E-state index is 11.9. The molecule has 0 N–H and O–H groups in total. The van der Waals surface area contributed by atoms with Gasteiger partial charge in [-0.25, -0.2) is 4.79 Å². The highest BCUT2D eigenvalue weighted by molar-refractivity contribution is 5.67. The van der Waals surface area contributed by atoms with Crippen LogP contribution in [0, 0.1) is 0 Å². The summed E-state index contributed by atoms with van der Waals surface area (Å²) in [6.07, 6.45) is 0.890. The summed E-state index contributed by atoms with van der Waals surface area (Å²) in [5.41, 5.74) is -0.435. The summed E-state index contributed by atoms with van der Waals surface area (Å²) in [6, 6.07) is 0. The van der Waals surface area contributed by atoms with Crippen LogP contribution >= 0.6 is 0 Å². The molecule has 1 aliphatic heterocycles. The molecule has 0 saturated carbocycles. The van der Waals surface area contributed by atoms with Crippen LogP contribution < -0.4 is 0 Å². The quantitative estimate of drug-likeness (QED) is 0.712. The fourth-order valence-corrected chi connectivity index (χ4v) is 2.25. The predicted octanol–water partition coefficient (Wildman–Crippen LogP) is 1.51. The number of ether oxygens (including phenoxy) is 2. The fraction of sp³-hybridized carbons (Fsp3) is 0.938. The minimum Gasteiger partial charge on any atom is -0.444 e. The molecule has 6 nitrogen and oxygen atoms in total. The van der Waals surface area contributed by atoms with Gasteiger partial charge in [-0.1, -0.05) is 0 Å². The summed E-state index contributed by atoms with van der Waals surface area (Å²) in [7, 11) is 3.89. The Kier molecular flexibility index (Phi) is 8.14. The van der Waals surface area contributed by atoms with E-state index in [-0.39, 0.29) is 6.09 Å². The maximum atomic E-state index is 11.9. The average Bonchev–Trinajstić information content (AvgIpc) is 2.44. The molecule has 6 heteroatoms. The highest BCUT2D eigenvalue weighted by Gasteiger charge is 2.19. The molecule has 130 valence electrons. The first-order valence-corrected chi connectivity index (χ1v) is 8.21. The molecule has 1 rings (SSSR count). The zero-order valence-electron chi connectivity index (χ0n) is 14.9. The monoisotopic (exact) mass is 315 g/mol. The predicted molar refractivity (Wildman–Crippen MR) is 88.2 cm³/mol. The highest BCUT2D eigenvalue weighted by atomic mass is 16.6. The van der Waals surface area contributed by atoms with E-state index in [9.17, 15) is 4.79 Å². The summed E-state index contributed by atoms with van der Waals surface area (Å²) in [6.45, 7) is 13.2. The molecular formula is C16H33N3O3. The number of carbonyl (C=O) groups excluding carboxylic acids is 1. The van der Waals surface area contributed by atoms with Crippen LogP contribution in [0.25, 0.3) is 0 Å². The number of carbonyl (C=O) groups is 1. The van der Waals surface area contributed by atoms with Crippen molar-refractivity contribution in [1.29, 1.82) is 0 Å². The largest absolute Gasteiger partial charge is 0.444 e. The van der Waals surface area contributed by atoms with Gasteiger partial charge in [-0.15, -0.1) is 0 Å². The minimum absolute atomic E-state index is 0.255. The van der Waals surface area contributed by atoms with Crippen LogP contribution in [-0.4, -0.2) is 93.0 Å². The second-order valence-corrected chi connectivity index (χ2v) is 7.01. The molecule has 0 unspecified atom stereocenters. The Hall–Kier alpha value is -0.850. The van der Waals surface area contributed by atoms with Crippen LogP contribution in [0.3, 0.4) is 0 Å². The van der Waals surface area contributed by atoms with Gasteiger partial charge in [0.05, 0.1) is 13.2 Å². The summed E-state index contributed by atoms with van der Waals surface area (Å²) in [5, 5.41) is 0. The first-order valence-electron chi connectivity index (χ1n) is 8.21. The molecule has 0 bridgehead atoms. The third kappa shape index (κ3) is 8.56. The molecule has 0 atom stereocenters. The van der Waals surface area contributed by atoms with E-state index in [1.807, 2.05) is 20.8 Å². The van der Waals surface area contributed by atoms with E-state index in [1.165, 1.54) is 0 Å². The Morgan fingerprint density at radius 1 is 1.14 bits per heavy atom. The molecule has 22 heavy (non-hydrogen) atoms. The Balaban J connectivity index is 2.11.